The summed E-state index contributed by atoms with van der Waals surface area (Å²) >= 11 is 0. The molecule has 6 nitrogen and oxygen atoms in total. The fourth-order valence-electron chi connectivity index (χ4n) is 3.71. The molecule has 0 spiro atoms. The van der Waals surface area contributed by atoms with Crippen LogP contribution in [0.4, 0.5) is 5.69 Å². The van der Waals surface area contributed by atoms with E-state index in [1.54, 1.807) is 42.5 Å². The number of aryl methyl sites for hydroxylation is 1. The van der Waals surface area contributed by atoms with Crippen LogP contribution in [0.15, 0.2) is 83.8 Å². The normalized spacial score (nSPS) is 16.6. The van der Waals surface area contributed by atoms with Crippen LogP contribution in [0.1, 0.15) is 24.0 Å². The molecular weight excluding hydrogens is 424 g/mol. The Morgan fingerprint density at radius 1 is 1.06 bits per heavy atom. The summed E-state index contributed by atoms with van der Waals surface area (Å²) in [5.74, 6) is 0.155. The number of nitrogens with one attached hydrogen (secondary N) is 1. The number of fused-ring (bicyclic) bond motifs is 1. The van der Waals surface area contributed by atoms with E-state index in [1.165, 1.54) is 4.31 Å². The van der Waals surface area contributed by atoms with Gasteiger partial charge in [-0.25, -0.2) is 8.42 Å². The van der Waals surface area contributed by atoms with Crippen LogP contribution in [-0.4, -0.2) is 33.5 Å². The molecule has 1 aliphatic heterocycles. The maximum absolute atomic E-state index is 13.4. The molecule has 166 valence electrons. The number of hydrogen-bond donors (Lipinski definition) is 1. The van der Waals surface area contributed by atoms with E-state index < -0.39 is 16.1 Å². The lowest BCUT2D eigenvalue weighted by Crippen LogP contribution is -2.51. The monoisotopic (exact) mass is 450 g/mol. The Morgan fingerprint density at radius 2 is 1.72 bits per heavy atom. The van der Waals surface area contributed by atoms with Crippen LogP contribution in [0.2, 0.25) is 0 Å². The number of rotatable bonds is 6. The minimum atomic E-state index is -3.86. The van der Waals surface area contributed by atoms with Gasteiger partial charge in [0.25, 0.3) is 15.9 Å². The summed E-state index contributed by atoms with van der Waals surface area (Å²) in [4.78, 5) is 13.2. The molecule has 4 rings (SSSR count). The average Bonchev–Trinajstić information content (AvgIpc) is 2.82. The lowest BCUT2D eigenvalue weighted by atomic mass is 10.0. The number of hydrogen-bond acceptors (Lipinski definition) is 4. The fourth-order valence-corrected chi connectivity index (χ4v) is 5.21. The summed E-state index contributed by atoms with van der Waals surface area (Å²) in [5, 5.41) is 2.92. The lowest BCUT2D eigenvalue weighted by Gasteiger charge is -2.35. The standard InChI is InChI=1S/C25H26N2O4S/c1-18-13-14-22-23(15-18)31-24(17-27(22)32(29,30)21-11-7-4-8-12-21)25(28)26-16-19(2)20-9-5-3-6-10-20/h3-15,19,24H,16-17H2,1-2H3,(H,26,28). The van der Waals surface area contributed by atoms with Gasteiger partial charge in [0.05, 0.1) is 17.1 Å². The number of nitrogens with zero attached hydrogens (tertiary/aromatic N) is 1. The van der Waals surface area contributed by atoms with Crippen molar-refractivity contribution < 1.29 is 17.9 Å². The highest BCUT2D eigenvalue weighted by atomic mass is 32.2. The molecule has 0 saturated carbocycles. The summed E-state index contributed by atoms with van der Waals surface area (Å²) in [7, 11) is -3.86. The second kappa shape index (κ2) is 9.04. The van der Waals surface area contributed by atoms with Gasteiger partial charge < -0.3 is 10.1 Å². The molecule has 1 aliphatic rings. The van der Waals surface area contributed by atoms with Crippen molar-refractivity contribution in [3.8, 4) is 5.75 Å². The van der Waals surface area contributed by atoms with Crippen LogP contribution in [0.5, 0.6) is 5.75 Å². The first-order chi connectivity index (χ1) is 15.4. The first-order valence-electron chi connectivity index (χ1n) is 10.5. The van der Waals surface area contributed by atoms with Gasteiger partial charge in [0.2, 0.25) is 0 Å². The molecule has 0 aromatic heterocycles. The highest BCUT2D eigenvalue weighted by Gasteiger charge is 2.37. The van der Waals surface area contributed by atoms with Gasteiger partial charge >= 0.3 is 0 Å². The second-order valence-corrected chi connectivity index (χ2v) is 9.85. The minimum absolute atomic E-state index is 0.0984. The number of carbonyl (C=O) groups is 1. The van der Waals surface area contributed by atoms with Crippen molar-refractivity contribution in [3.05, 3.63) is 90.0 Å². The van der Waals surface area contributed by atoms with E-state index in [2.05, 4.69) is 5.32 Å². The highest BCUT2D eigenvalue weighted by molar-refractivity contribution is 7.92. The smallest absolute Gasteiger partial charge is 0.264 e. The predicted octanol–water partition coefficient (Wildman–Crippen LogP) is 3.87. The maximum Gasteiger partial charge on any atom is 0.264 e. The fraction of sp³-hybridized carbons (Fsp3) is 0.240. The zero-order chi connectivity index (χ0) is 22.7. The zero-order valence-corrected chi connectivity index (χ0v) is 18.9. The first kappa shape index (κ1) is 21.9. The van der Waals surface area contributed by atoms with Gasteiger partial charge in [-0.15, -0.1) is 0 Å². The SMILES string of the molecule is Cc1ccc2c(c1)OC(C(=O)NCC(C)c1ccccc1)CN2S(=O)(=O)c1ccccc1. The van der Waals surface area contributed by atoms with Gasteiger partial charge in [-0.3, -0.25) is 9.10 Å². The third kappa shape index (κ3) is 4.48. The molecule has 0 radical (unpaired) electrons. The predicted molar refractivity (Wildman–Crippen MR) is 124 cm³/mol. The molecule has 3 aromatic rings. The van der Waals surface area contributed by atoms with Crippen molar-refractivity contribution in [2.45, 2.75) is 30.8 Å². The zero-order valence-electron chi connectivity index (χ0n) is 18.1. The Morgan fingerprint density at radius 3 is 2.41 bits per heavy atom. The molecule has 7 heteroatoms. The Labute approximate surface area is 188 Å². The Kier molecular flexibility index (Phi) is 6.19. The third-order valence-electron chi connectivity index (χ3n) is 5.56. The number of sulfonamides is 1. The number of amides is 1. The van der Waals surface area contributed by atoms with Gasteiger partial charge in [0.1, 0.15) is 5.75 Å². The molecular formula is C25H26N2O4S. The molecule has 1 heterocycles. The van der Waals surface area contributed by atoms with Crippen LogP contribution < -0.4 is 14.4 Å². The molecule has 0 bridgehead atoms. The minimum Gasteiger partial charge on any atom is -0.476 e. The number of anilines is 1. The van der Waals surface area contributed by atoms with Crippen molar-refractivity contribution in [3.63, 3.8) is 0 Å². The molecule has 1 amide bonds. The quantitative estimate of drug-likeness (QED) is 0.619. The van der Waals surface area contributed by atoms with Crippen molar-refractivity contribution in [1.29, 1.82) is 0 Å². The summed E-state index contributed by atoms with van der Waals surface area (Å²) in [6.07, 6.45) is -0.953. The molecule has 3 aromatic carbocycles. The third-order valence-corrected chi connectivity index (χ3v) is 7.35. The molecule has 2 unspecified atom stereocenters. The van der Waals surface area contributed by atoms with Crippen molar-refractivity contribution >= 4 is 21.6 Å². The highest BCUT2D eigenvalue weighted by Crippen LogP contribution is 2.37. The van der Waals surface area contributed by atoms with E-state index in [0.29, 0.717) is 18.0 Å². The Hall–Kier alpha value is -3.32. The maximum atomic E-state index is 13.4. The molecule has 0 aliphatic carbocycles. The van der Waals surface area contributed by atoms with Gasteiger partial charge in [-0.1, -0.05) is 61.5 Å². The average molecular weight is 451 g/mol. The molecule has 0 saturated heterocycles. The largest absolute Gasteiger partial charge is 0.476 e. The van der Waals surface area contributed by atoms with Crippen LogP contribution in [0.3, 0.4) is 0 Å². The molecule has 2 atom stereocenters. The van der Waals surface area contributed by atoms with Crippen LogP contribution in [0, 0.1) is 6.92 Å². The van der Waals surface area contributed by atoms with Gasteiger partial charge in [-0.2, -0.15) is 0 Å². The summed E-state index contributed by atoms with van der Waals surface area (Å²) < 4.78 is 34.0. The number of ether oxygens (including phenoxy) is 1. The van der Waals surface area contributed by atoms with E-state index >= 15 is 0 Å². The van der Waals surface area contributed by atoms with E-state index in [4.69, 9.17) is 4.74 Å². The van der Waals surface area contributed by atoms with Crippen LogP contribution in [-0.2, 0) is 14.8 Å². The van der Waals surface area contributed by atoms with Crippen molar-refractivity contribution in [2.75, 3.05) is 17.4 Å². The lowest BCUT2D eigenvalue weighted by molar-refractivity contribution is -0.127. The summed E-state index contributed by atoms with van der Waals surface area (Å²) in [6.45, 7) is 4.25. The summed E-state index contributed by atoms with van der Waals surface area (Å²) in [5.41, 5.74) is 2.47. The number of benzene rings is 3. The van der Waals surface area contributed by atoms with E-state index in [9.17, 15) is 13.2 Å². The van der Waals surface area contributed by atoms with E-state index in [1.807, 2.05) is 50.2 Å². The van der Waals surface area contributed by atoms with Crippen molar-refractivity contribution in [2.24, 2.45) is 0 Å². The second-order valence-electron chi connectivity index (χ2n) is 7.98. The summed E-state index contributed by atoms with van der Waals surface area (Å²) in [6, 6.07) is 23.4. The van der Waals surface area contributed by atoms with Crippen LogP contribution in [0.25, 0.3) is 0 Å². The van der Waals surface area contributed by atoms with Crippen LogP contribution >= 0.6 is 0 Å². The number of carbonyl (C=O) groups excluding carboxylic acids is 1. The van der Waals surface area contributed by atoms with E-state index in [-0.39, 0.29) is 23.3 Å². The molecule has 0 fully saturated rings. The van der Waals surface area contributed by atoms with E-state index in [0.717, 1.165) is 11.1 Å². The Bertz CT molecular complexity index is 1200. The van der Waals surface area contributed by atoms with Crippen molar-refractivity contribution in [1.82, 2.24) is 5.32 Å². The topological polar surface area (TPSA) is 75.7 Å². The Balaban J connectivity index is 1.57. The van der Waals surface area contributed by atoms with Gasteiger partial charge in [0.15, 0.2) is 6.10 Å². The molecule has 32 heavy (non-hydrogen) atoms. The van der Waals surface area contributed by atoms with Gasteiger partial charge in [-0.05, 0) is 48.2 Å². The van der Waals surface area contributed by atoms with Gasteiger partial charge in [0, 0.05) is 6.54 Å². The first-order valence-corrected chi connectivity index (χ1v) is 12.0. The molecule has 1 N–H and O–H groups in total.